The number of halogens is 8. The third-order valence-electron chi connectivity index (χ3n) is 8.41. The van der Waals surface area contributed by atoms with Crippen LogP contribution in [0.3, 0.4) is 0 Å². The summed E-state index contributed by atoms with van der Waals surface area (Å²) in [6, 6.07) is 7.82. The van der Waals surface area contributed by atoms with Crippen molar-refractivity contribution >= 4 is 131 Å². The molecule has 0 aliphatic carbocycles. The lowest BCUT2D eigenvalue weighted by molar-refractivity contribution is -0.117. The topological polar surface area (TPSA) is 60.9 Å². The zero-order valence-electron chi connectivity index (χ0n) is 25.7. The maximum Gasteiger partial charge on any atom is 0.224 e. The summed E-state index contributed by atoms with van der Waals surface area (Å²) in [6.45, 7) is 6.32. The van der Waals surface area contributed by atoms with Gasteiger partial charge in [-0.3, -0.25) is 14.4 Å². The Balaban J connectivity index is 0.000000160. The molecule has 0 radical (unpaired) electrons. The highest BCUT2D eigenvalue weighted by Crippen LogP contribution is 2.41. The number of amides is 3. The summed E-state index contributed by atoms with van der Waals surface area (Å²) in [5, 5.41) is 0. The van der Waals surface area contributed by atoms with Crippen LogP contribution in [0.1, 0.15) is 56.7 Å². The van der Waals surface area contributed by atoms with Gasteiger partial charge < -0.3 is 14.7 Å². The maximum atomic E-state index is 13.7. The van der Waals surface area contributed by atoms with E-state index in [9.17, 15) is 23.2 Å². The lowest BCUT2D eigenvalue weighted by Gasteiger charge is -2.35. The number of fused-ring (bicyclic) bond motifs is 3. The van der Waals surface area contributed by atoms with E-state index in [1.165, 1.54) is 12.5 Å². The van der Waals surface area contributed by atoms with Gasteiger partial charge in [0, 0.05) is 51.6 Å². The predicted octanol–water partition coefficient (Wildman–Crippen LogP) is 10.8. The van der Waals surface area contributed by atoms with Crippen molar-refractivity contribution in [2.75, 3.05) is 21.2 Å². The molecule has 14 heteroatoms. The van der Waals surface area contributed by atoms with Gasteiger partial charge in [-0.25, -0.2) is 8.78 Å². The first-order valence-corrected chi connectivity index (χ1v) is 19.5. The maximum absolute atomic E-state index is 13.7. The Morgan fingerprint density at radius 2 is 1.28 bits per heavy atom. The van der Waals surface area contributed by atoms with E-state index < -0.39 is 0 Å². The molecule has 47 heavy (non-hydrogen) atoms. The van der Waals surface area contributed by atoms with Gasteiger partial charge in [0.05, 0.1) is 17.9 Å². The molecule has 6 rings (SSSR count). The van der Waals surface area contributed by atoms with Crippen LogP contribution in [-0.2, 0) is 33.6 Å². The number of anilines is 3. The van der Waals surface area contributed by atoms with E-state index in [4.69, 9.17) is 0 Å². The Morgan fingerprint density at radius 3 is 1.85 bits per heavy atom. The standard InChI is InChI=1S/C12H12Br2FNO.C11H11Br2NO.C10H8Br2FNO/c1-6-3-4-8-10(16(6)7(2)17)5-9(13)12(15)11(8)14;1-7-2-3-9-10(13)4-8(12)5-11(9)14(7)6-15;11-7-4-8-6(9(12)10(7)13)2-1-3-14(8)5-15/h5-6H,3-4H2,1-2H3;4-7H,2-3H2,1H3;4-5H,1-3H2. The van der Waals surface area contributed by atoms with Crippen molar-refractivity contribution in [1.29, 1.82) is 0 Å². The zero-order chi connectivity index (χ0) is 34.7. The van der Waals surface area contributed by atoms with Crippen LogP contribution in [0.25, 0.3) is 0 Å². The minimum absolute atomic E-state index is 0.0103. The highest BCUT2D eigenvalue weighted by Gasteiger charge is 2.30. The first-order chi connectivity index (χ1) is 22.2. The second-order valence-corrected chi connectivity index (χ2v) is 16.5. The van der Waals surface area contributed by atoms with Crippen LogP contribution in [0, 0.1) is 11.6 Å². The molecule has 0 bridgehead atoms. The third-order valence-corrected chi connectivity index (χ3v) is 12.4. The molecule has 0 saturated carbocycles. The number of rotatable bonds is 2. The summed E-state index contributed by atoms with van der Waals surface area (Å²) in [5.74, 6) is -0.618. The molecule has 0 saturated heterocycles. The normalized spacial score (nSPS) is 18.1. The van der Waals surface area contributed by atoms with Crippen molar-refractivity contribution in [2.45, 2.75) is 71.4 Å². The fourth-order valence-corrected chi connectivity index (χ4v) is 9.99. The van der Waals surface area contributed by atoms with Gasteiger partial charge in [0.15, 0.2) is 11.6 Å². The number of carbonyl (C=O) groups excluding carboxylic acids is 3. The molecular weight excluding hydrogens is 1000 g/mol. The smallest absolute Gasteiger partial charge is 0.224 e. The Labute approximate surface area is 323 Å². The number of hydrogen-bond acceptors (Lipinski definition) is 3. The molecule has 3 aromatic carbocycles. The van der Waals surface area contributed by atoms with Crippen LogP contribution in [0.2, 0.25) is 0 Å². The van der Waals surface area contributed by atoms with Crippen LogP contribution in [0.5, 0.6) is 0 Å². The molecule has 2 unspecified atom stereocenters. The minimum atomic E-state index is -0.304. The van der Waals surface area contributed by atoms with Gasteiger partial charge in [-0.1, -0.05) is 31.9 Å². The molecule has 3 heterocycles. The molecule has 0 aromatic heterocycles. The Kier molecular flexibility index (Phi) is 13.7. The van der Waals surface area contributed by atoms with E-state index in [0.29, 0.717) is 24.4 Å². The molecular formula is C33H31Br6F2N3O3. The molecule has 2 atom stereocenters. The fourth-order valence-electron chi connectivity index (χ4n) is 6.00. The fraction of sp³-hybridized carbons (Fsp3) is 0.364. The molecule has 0 N–H and O–H groups in total. The van der Waals surface area contributed by atoms with Crippen molar-refractivity contribution in [2.24, 2.45) is 0 Å². The molecule has 3 aliphatic rings. The van der Waals surface area contributed by atoms with Gasteiger partial charge in [0.2, 0.25) is 18.7 Å². The van der Waals surface area contributed by atoms with Crippen molar-refractivity contribution in [1.82, 2.24) is 0 Å². The molecule has 252 valence electrons. The average Bonchev–Trinajstić information content (AvgIpc) is 3.02. The van der Waals surface area contributed by atoms with Crippen LogP contribution in [0.15, 0.2) is 51.1 Å². The summed E-state index contributed by atoms with van der Waals surface area (Å²) in [4.78, 5) is 38.7. The van der Waals surface area contributed by atoms with Gasteiger partial charge in [0.1, 0.15) is 0 Å². The molecule has 3 aliphatic heterocycles. The summed E-state index contributed by atoms with van der Waals surface area (Å²) in [5.41, 5.74) is 5.58. The third kappa shape index (κ3) is 8.41. The van der Waals surface area contributed by atoms with E-state index in [1.54, 1.807) is 26.8 Å². The van der Waals surface area contributed by atoms with E-state index >= 15 is 0 Å². The summed E-state index contributed by atoms with van der Waals surface area (Å²) in [7, 11) is 0. The number of nitrogens with zero attached hydrogens (tertiary/aromatic N) is 3. The van der Waals surface area contributed by atoms with E-state index in [2.05, 4.69) is 103 Å². The Bertz CT molecular complexity index is 1710. The van der Waals surface area contributed by atoms with Crippen molar-refractivity contribution in [3.05, 3.63) is 79.4 Å². The average molecular weight is 1040 g/mol. The van der Waals surface area contributed by atoms with Crippen molar-refractivity contribution in [3.63, 3.8) is 0 Å². The molecule has 6 nitrogen and oxygen atoms in total. The first kappa shape index (κ1) is 38.6. The predicted molar refractivity (Wildman–Crippen MR) is 204 cm³/mol. The lowest BCUT2D eigenvalue weighted by atomic mass is 9.96. The van der Waals surface area contributed by atoms with Gasteiger partial charge in [-0.2, -0.15) is 0 Å². The van der Waals surface area contributed by atoms with Crippen LogP contribution in [-0.4, -0.2) is 37.4 Å². The highest BCUT2D eigenvalue weighted by molar-refractivity contribution is 9.11. The highest BCUT2D eigenvalue weighted by atomic mass is 79.9. The van der Waals surface area contributed by atoms with Crippen LogP contribution >= 0.6 is 95.6 Å². The zero-order valence-corrected chi connectivity index (χ0v) is 35.2. The van der Waals surface area contributed by atoms with Gasteiger partial charge in [-0.15, -0.1) is 0 Å². The minimum Gasteiger partial charge on any atom is -0.315 e. The lowest BCUT2D eigenvalue weighted by Crippen LogP contribution is -2.41. The molecule has 3 aromatic rings. The second-order valence-electron chi connectivity index (χ2n) is 11.4. The van der Waals surface area contributed by atoms with Crippen LogP contribution in [0.4, 0.5) is 25.8 Å². The van der Waals surface area contributed by atoms with Crippen molar-refractivity contribution < 1.29 is 23.2 Å². The van der Waals surface area contributed by atoms with E-state index in [0.717, 1.165) is 88.5 Å². The van der Waals surface area contributed by atoms with Gasteiger partial charge in [-0.05, 0) is 157 Å². The molecule has 0 spiro atoms. The summed E-state index contributed by atoms with van der Waals surface area (Å²) < 4.78 is 31.0. The largest absolute Gasteiger partial charge is 0.315 e. The Hall–Kier alpha value is -1.19. The quantitative estimate of drug-likeness (QED) is 0.190. The van der Waals surface area contributed by atoms with Crippen LogP contribution < -0.4 is 14.7 Å². The SMILES string of the molecule is CC(=O)N1c2cc(Br)c(F)c(Br)c2CCC1C.CC1CCc2c(Br)cc(Br)cc2N1C=O.O=CN1CCCc2c1cc(Br)c(F)c2Br. The number of hydrogen-bond donors (Lipinski definition) is 0. The first-order valence-electron chi connectivity index (χ1n) is 14.8. The van der Waals surface area contributed by atoms with E-state index in [-0.39, 0.29) is 29.6 Å². The molecule has 3 amide bonds. The summed E-state index contributed by atoms with van der Waals surface area (Å²) >= 11 is 19.8. The van der Waals surface area contributed by atoms with E-state index in [1.807, 2.05) is 19.1 Å². The van der Waals surface area contributed by atoms with Gasteiger partial charge >= 0.3 is 0 Å². The summed E-state index contributed by atoms with van der Waals surface area (Å²) in [6.07, 6.45) is 7.05. The van der Waals surface area contributed by atoms with Crippen molar-refractivity contribution in [3.8, 4) is 0 Å². The Morgan fingerprint density at radius 1 is 0.723 bits per heavy atom. The number of benzene rings is 3. The molecule has 0 fully saturated rings. The number of carbonyl (C=O) groups is 3. The monoisotopic (exact) mass is 1030 g/mol. The van der Waals surface area contributed by atoms with Gasteiger partial charge in [0.25, 0.3) is 0 Å². The second kappa shape index (κ2) is 16.7.